The summed E-state index contributed by atoms with van der Waals surface area (Å²) in [4.78, 5) is 7.08. The van der Waals surface area contributed by atoms with E-state index in [9.17, 15) is 0 Å². The van der Waals surface area contributed by atoms with Gasteiger partial charge in [0.15, 0.2) is 0 Å². The molecule has 0 unspecified atom stereocenters. The number of nitrogens with zero attached hydrogens (tertiary/aromatic N) is 3. The predicted molar refractivity (Wildman–Crippen MR) is 80.8 cm³/mol. The Labute approximate surface area is 125 Å². The highest BCUT2D eigenvalue weighted by molar-refractivity contribution is 7.09. The SMILES string of the molecule is C[C@@H](CC#N)N1CCO[C@H](c2nc(C(C)(C)C)cs2)C1. The normalized spacial score (nSPS) is 22.4. The average Bonchev–Trinajstić information content (AvgIpc) is 2.89. The van der Waals surface area contributed by atoms with Gasteiger partial charge in [-0.05, 0) is 6.92 Å². The van der Waals surface area contributed by atoms with E-state index in [4.69, 9.17) is 15.0 Å². The number of aromatic nitrogens is 1. The summed E-state index contributed by atoms with van der Waals surface area (Å²) in [5, 5.41) is 12.0. The van der Waals surface area contributed by atoms with Crippen molar-refractivity contribution in [1.82, 2.24) is 9.88 Å². The molecule has 1 fully saturated rings. The molecule has 4 nitrogen and oxygen atoms in total. The van der Waals surface area contributed by atoms with Crippen molar-refractivity contribution >= 4 is 11.3 Å². The molecule has 0 aromatic carbocycles. The molecule has 0 amide bonds. The molecule has 0 spiro atoms. The van der Waals surface area contributed by atoms with Crippen LogP contribution in [0, 0.1) is 11.3 Å². The summed E-state index contributed by atoms with van der Waals surface area (Å²) >= 11 is 1.68. The minimum atomic E-state index is 0.0472. The fraction of sp³-hybridized carbons (Fsp3) is 0.733. The van der Waals surface area contributed by atoms with Crippen LogP contribution in [0.4, 0.5) is 0 Å². The average molecular weight is 293 g/mol. The zero-order valence-corrected chi connectivity index (χ0v) is 13.5. The second-order valence-electron chi connectivity index (χ2n) is 6.39. The highest BCUT2D eigenvalue weighted by Crippen LogP contribution is 2.30. The Hall–Kier alpha value is -0.960. The molecule has 1 aliphatic rings. The molecule has 2 heterocycles. The molecule has 110 valence electrons. The monoisotopic (exact) mass is 293 g/mol. The predicted octanol–water partition coefficient (Wildman–Crippen LogP) is 3.12. The lowest BCUT2D eigenvalue weighted by atomic mass is 9.93. The molecule has 2 atom stereocenters. The highest BCUT2D eigenvalue weighted by atomic mass is 32.1. The van der Waals surface area contributed by atoms with Crippen LogP contribution in [0.1, 0.15) is 50.9 Å². The summed E-state index contributed by atoms with van der Waals surface area (Å²) in [5.74, 6) is 0. The van der Waals surface area contributed by atoms with Crippen molar-refractivity contribution in [3.63, 3.8) is 0 Å². The topological polar surface area (TPSA) is 49.2 Å². The van der Waals surface area contributed by atoms with E-state index in [2.05, 4.69) is 44.0 Å². The number of ether oxygens (including phenoxy) is 1. The summed E-state index contributed by atoms with van der Waals surface area (Å²) in [7, 11) is 0. The fourth-order valence-corrected chi connectivity index (χ4v) is 3.34. The van der Waals surface area contributed by atoms with E-state index >= 15 is 0 Å². The second kappa shape index (κ2) is 6.21. The van der Waals surface area contributed by atoms with Crippen molar-refractivity contribution < 1.29 is 4.74 Å². The van der Waals surface area contributed by atoms with Crippen molar-refractivity contribution in [2.45, 2.75) is 51.7 Å². The van der Waals surface area contributed by atoms with Gasteiger partial charge in [0.2, 0.25) is 0 Å². The first-order valence-corrected chi connectivity index (χ1v) is 7.98. The van der Waals surface area contributed by atoms with Crippen molar-refractivity contribution in [3.8, 4) is 6.07 Å². The lowest BCUT2D eigenvalue weighted by Crippen LogP contribution is -2.43. The third kappa shape index (κ3) is 3.57. The van der Waals surface area contributed by atoms with Crippen molar-refractivity contribution in [2.24, 2.45) is 0 Å². The van der Waals surface area contributed by atoms with Crippen LogP contribution in [0.15, 0.2) is 5.38 Å². The summed E-state index contributed by atoms with van der Waals surface area (Å²) in [6, 6.07) is 2.53. The van der Waals surface area contributed by atoms with Gasteiger partial charge < -0.3 is 4.74 Å². The number of rotatable bonds is 3. The molecule has 1 aromatic heterocycles. The molecule has 0 aliphatic carbocycles. The van der Waals surface area contributed by atoms with Crippen molar-refractivity contribution in [3.05, 3.63) is 16.1 Å². The van der Waals surface area contributed by atoms with E-state index in [1.54, 1.807) is 11.3 Å². The van der Waals surface area contributed by atoms with E-state index in [0.717, 1.165) is 23.8 Å². The largest absolute Gasteiger partial charge is 0.368 e. The zero-order valence-electron chi connectivity index (χ0n) is 12.7. The second-order valence-corrected chi connectivity index (χ2v) is 7.28. The summed E-state index contributed by atoms with van der Waals surface area (Å²) < 4.78 is 5.87. The maximum absolute atomic E-state index is 8.82. The molecule has 0 N–H and O–H groups in total. The van der Waals surface area contributed by atoms with Crippen molar-refractivity contribution in [2.75, 3.05) is 19.7 Å². The minimum absolute atomic E-state index is 0.0472. The maximum Gasteiger partial charge on any atom is 0.123 e. The molecule has 0 bridgehead atoms. The van der Waals surface area contributed by atoms with Crippen LogP contribution in [0.25, 0.3) is 0 Å². The van der Waals surface area contributed by atoms with Gasteiger partial charge in [-0.3, -0.25) is 4.90 Å². The Kier molecular flexibility index (Phi) is 4.79. The van der Waals surface area contributed by atoms with Crippen LogP contribution in [0.2, 0.25) is 0 Å². The van der Waals surface area contributed by atoms with Crippen LogP contribution < -0.4 is 0 Å². The Balaban J connectivity index is 2.06. The number of morpholine rings is 1. The molecule has 0 saturated carbocycles. The lowest BCUT2D eigenvalue weighted by molar-refractivity contribution is -0.0421. The van der Waals surface area contributed by atoms with Gasteiger partial charge in [-0.2, -0.15) is 5.26 Å². The van der Waals surface area contributed by atoms with Gasteiger partial charge in [0.05, 0.1) is 24.8 Å². The van der Waals surface area contributed by atoms with Crippen LogP contribution >= 0.6 is 11.3 Å². The van der Waals surface area contributed by atoms with Gasteiger partial charge >= 0.3 is 0 Å². The van der Waals surface area contributed by atoms with Crippen molar-refractivity contribution in [1.29, 1.82) is 5.26 Å². The number of nitriles is 1. The maximum atomic E-state index is 8.82. The molecular weight excluding hydrogens is 270 g/mol. The van der Waals surface area contributed by atoms with Crippen LogP contribution in [-0.4, -0.2) is 35.6 Å². The standard InChI is InChI=1S/C15H23N3OS/c1-11(5-6-16)18-7-8-19-12(9-18)14-17-13(10-20-14)15(2,3)4/h10-12H,5,7-9H2,1-4H3/t11-,12-/m0/s1. The van der Waals surface area contributed by atoms with Gasteiger partial charge in [-0.15, -0.1) is 11.3 Å². The van der Waals surface area contributed by atoms with Gasteiger partial charge in [-0.25, -0.2) is 4.98 Å². The number of hydrogen-bond donors (Lipinski definition) is 0. The van der Waals surface area contributed by atoms with Gasteiger partial charge in [0.25, 0.3) is 0 Å². The first kappa shape index (κ1) is 15.4. The quantitative estimate of drug-likeness (QED) is 0.859. The van der Waals surface area contributed by atoms with Gasteiger partial charge in [-0.1, -0.05) is 20.8 Å². The lowest BCUT2D eigenvalue weighted by Gasteiger charge is -2.35. The van der Waals surface area contributed by atoms with Crippen LogP contribution in [0.5, 0.6) is 0 Å². The van der Waals surface area contributed by atoms with Gasteiger partial charge in [0.1, 0.15) is 11.1 Å². The molecule has 0 radical (unpaired) electrons. The van der Waals surface area contributed by atoms with E-state index < -0.39 is 0 Å². The number of thiazole rings is 1. The zero-order chi connectivity index (χ0) is 14.8. The van der Waals surface area contributed by atoms with E-state index in [-0.39, 0.29) is 17.6 Å². The smallest absolute Gasteiger partial charge is 0.123 e. The molecule has 1 aliphatic heterocycles. The Morgan fingerprint density at radius 2 is 2.35 bits per heavy atom. The summed E-state index contributed by atoms with van der Waals surface area (Å²) in [6.45, 7) is 11.1. The fourth-order valence-electron chi connectivity index (χ4n) is 2.26. The third-order valence-corrected chi connectivity index (χ3v) is 4.61. The molecule has 1 aromatic rings. The molecule has 20 heavy (non-hydrogen) atoms. The Morgan fingerprint density at radius 3 is 2.95 bits per heavy atom. The van der Waals surface area contributed by atoms with E-state index in [0.29, 0.717) is 13.0 Å². The molecular formula is C15H23N3OS. The summed E-state index contributed by atoms with van der Waals surface area (Å²) in [5.41, 5.74) is 1.21. The first-order chi connectivity index (χ1) is 9.41. The van der Waals surface area contributed by atoms with E-state index in [1.807, 2.05) is 0 Å². The Morgan fingerprint density at radius 1 is 1.60 bits per heavy atom. The first-order valence-electron chi connectivity index (χ1n) is 7.10. The Bertz CT molecular complexity index is 486. The van der Waals surface area contributed by atoms with Gasteiger partial charge in [0, 0.05) is 29.9 Å². The number of hydrogen-bond acceptors (Lipinski definition) is 5. The highest BCUT2D eigenvalue weighted by Gasteiger charge is 2.28. The van der Waals surface area contributed by atoms with Crippen LogP contribution in [0.3, 0.4) is 0 Å². The van der Waals surface area contributed by atoms with E-state index in [1.165, 1.54) is 0 Å². The molecule has 1 saturated heterocycles. The molecule has 2 rings (SSSR count). The minimum Gasteiger partial charge on any atom is -0.368 e. The summed E-state index contributed by atoms with van der Waals surface area (Å²) in [6.07, 6.45) is 0.615. The third-order valence-electron chi connectivity index (χ3n) is 3.67. The van der Waals surface area contributed by atoms with Crippen LogP contribution in [-0.2, 0) is 10.2 Å². The molecule has 5 heteroatoms.